The van der Waals surface area contributed by atoms with Crippen molar-refractivity contribution in [1.82, 2.24) is 5.32 Å². The van der Waals surface area contributed by atoms with Crippen LogP contribution in [0.3, 0.4) is 0 Å². The van der Waals surface area contributed by atoms with Crippen molar-refractivity contribution >= 4 is 11.6 Å². The SMILES string of the molecule is CNC(C)C(=O)N(C)c1cc(C)cc(C)c1. The second-order valence-electron chi connectivity index (χ2n) is 4.25. The zero-order valence-corrected chi connectivity index (χ0v) is 10.7. The molecular formula is C13H20N2O. The lowest BCUT2D eigenvalue weighted by atomic mass is 10.1. The summed E-state index contributed by atoms with van der Waals surface area (Å²) in [7, 11) is 3.60. The van der Waals surface area contributed by atoms with E-state index in [2.05, 4.69) is 11.4 Å². The Morgan fingerprint density at radius 3 is 2.19 bits per heavy atom. The van der Waals surface area contributed by atoms with Crippen LogP contribution >= 0.6 is 0 Å². The highest BCUT2D eigenvalue weighted by Gasteiger charge is 2.17. The Kier molecular flexibility index (Phi) is 4.07. The van der Waals surface area contributed by atoms with Gasteiger partial charge in [0, 0.05) is 12.7 Å². The summed E-state index contributed by atoms with van der Waals surface area (Å²) < 4.78 is 0. The first-order valence-electron chi connectivity index (χ1n) is 5.49. The highest BCUT2D eigenvalue weighted by atomic mass is 16.2. The number of amides is 1. The van der Waals surface area contributed by atoms with Gasteiger partial charge in [0.1, 0.15) is 0 Å². The Morgan fingerprint density at radius 2 is 1.75 bits per heavy atom. The fourth-order valence-corrected chi connectivity index (χ4v) is 1.69. The predicted octanol–water partition coefficient (Wildman–Crippen LogP) is 1.87. The number of hydrogen-bond acceptors (Lipinski definition) is 2. The summed E-state index contributed by atoms with van der Waals surface area (Å²) in [6.45, 7) is 5.94. The van der Waals surface area contributed by atoms with Crippen LogP contribution in [-0.4, -0.2) is 26.0 Å². The van der Waals surface area contributed by atoms with Crippen LogP contribution in [0.4, 0.5) is 5.69 Å². The van der Waals surface area contributed by atoms with Gasteiger partial charge in [-0.1, -0.05) is 6.07 Å². The number of carbonyl (C=O) groups excluding carboxylic acids is 1. The fraction of sp³-hybridized carbons (Fsp3) is 0.462. The highest BCUT2D eigenvalue weighted by molar-refractivity contribution is 5.96. The van der Waals surface area contributed by atoms with E-state index in [0.29, 0.717) is 0 Å². The number of hydrogen-bond donors (Lipinski definition) is 1. The molecule has 0 bridgehead atoms. The molecule has 3 heteroatoms. The average molecular weight is 220 g/mol. The van der Waals surface area contributed by atoms with Crippen LogP contribution in [0.2, 0.25) is 0 Å². The van der Waals surface area contributed by atoms with Gasteiger partial charge in [0.2, 0.25) is 5.91 Å². The number of aryl methyl sites for hydroxylation is 2. The molecule has 1 atom stereocenters. The lowest BCUT2D eigenvalue weighted by molar-refractivity contribution is -0.119. The first kappa shape index (κ1) is 12.7. The van der Waals surface area contributed by atoms with E-state index in [-0.39, 0.29) is 11.9 Å². The molecule has 3 nitrogen and oxygen atoms in total. The van der Waals surface area contributed by atoms with Crippen molar-refractivity contribution < 1.29 is 4.79 Å². The van der Waals surface area contributed by atoms with Gasteiger partial charge in [-0.2, -0.15) is 0 Å². The first-order valence-corrected chi connectivity index (χ1v) is 5.49. The molecule has 0 saturated heterocycles. The largest absolute Gasteiger partial charge is 0.314 e. The Balaban J connectivity index is 2.95. The molecule has 0 saturated carbocycles. The van der Waals surface area contributed by atoms with Crippen LogP contribution in [0.5, 0.6) is 0 Å². The molecule has 1 aromatic rings. The van der Waals surface area contributed by atoms with E-state index in [0.717, 1.165) is 5.69 Å². The second kappa shape index (κ2) is 5.12. The topological polar surface area (TPSA) is 32.3 Å². The average Bonchev–Trinajstić information content (AvgIpc) is 2.24. The minimum absolute atomic E-state index is 0.0764. The van der Waals surface area contributed by atoms with Crippen molar-refractivity contribution in [2.75, 3.05) is 19.0 Å². The van der Waals surface area contributed by atoms with Gasteiger partial charge < -0.3 is 10.2 Å². The van der Waals surface area contributed by atoms with Crippen molar-refractivity contribution in [1.29, 1.82) is 0 Å². The van der Waals surface area contributed by atoms with Crippen molar-refractivity contribution in [3.63, 3.8) is 0 Å². The summed E-state index contributed by atoms with van der Waals surface area (Å²) in [6, 6.07) is 5.98. The molecule has 88 valence electrons. The standard InChI is InChI=1S/C13H20N2O/c1-9-6-10(2)8-12(7-9)15(5)13(16)11(3)14-4/h6-8,11,14H,1-5H3. The third-order valence-corrected chi connectivity index (χ3v) is 2.73. The summed E-state index contributed by atoms with van der Waals surface area (Å²) in [5.74, 6) is 0.0764. The van der Waals surface area contributed by atoms with Gasteiger partial charge in [0.05, 0.1) is 6.04 Å². The molecule has 0 aliphatic rings. The molecule has 0 radical (unpaired) electrons. The van der Waals surface area contributed by atoms with E-state index in [1.54, 1.807) is 11.9 Å². The summed E-state index contributed by atoms with van der Waals surface area (Å²) >= 11 is 0. The lowest BCUT2D eigenvalue weighted by Crippen LogP contribution is -2.41. The van der Waals surface area contributed by atoms with E-state index in [4.69, 9.17) is 0 Å². The maximum absolute atomic E-state index is 12.0. The molecule has 1 aromatic carbocycles. The Hall–Kier alpha value is -1.35. The molecule has 0 spiro atoms. The normalized spacial score (nSPS) is 12.3. The molecule has 0 fully saturated rings. The number of carbonyl (C=O) groups is 1. The molecule has 0 aliphatic heterocycles. The molecule has 1 unspecified atom stereocenters. The van der Waals surface area contributed by atoms with Gasteiger partial charge in [0.25, 0.3) is 0 Å². The third-order valence-electron chi connectivity index (χ3n) is 2.73. The van der Waals surface area contributed by atoms with Gasteiger partial charge >= 0.3 is 0 Å². The summed E-state index contributed by atoms with van der Waals surface area (Å²) in [5.41, 5.74) is 3.29. The molecule has 0 heterocycles. The molecule has 0 aliphatic carbocycles. The van der Waals surface area contributed by atoms with Gasteiger partial charge in [0.15, 0.2) is 0 Å². The predicted molar refractivity (Wildman–Crippen MR) is 67.8 cm³/mol. The van der Waals surface area contributed by atoms with Gasteiger partial charge in [-0.3, -0.25) is 4.79 Å². The van der Waals surface area contributed by atoms with Crippen LogP contribution in [0, 0.1) is 13.8 Å². The Bertz CT molecular complexity index is 367. The zero-order chi connectivity index (χ0) is 12.3. The summed E-state index contributed by atoms with van der Waals surface area (Å²) in [4.78, 5) is 13.7. The van der Waals surface area contributed by atoms with Crippen LogP contribution in [-0.2, 0) is 4.79 Å². The Labute approximate surface area is 97.5 Å². The van der Waals surface area contributed by atoms with Crippen LogP contribution in [0.1, 0.15) is 18.1 Å². The second-order valence-corrected chi connectivity index (χ2v) is 4.25. The minimum Gasteiger partial charge on any atom is -0.314 e. The number of nitrogens with zero attached hydrogens (tertiary/aromatic N) is 1. The maximum atomic E-state index is 12.0. The third kappa shape index (κ3) is 2.83. The zero-order valence-electron chi connectivity index (χ0n) is 10.7. The van der Waals surface area contributed by atoms with E-state index in [9.17, 15) is 4.79 Å². The molecular weight excluding hydrogens is 200 g/mol. The lowest BCUT2D eigenvalue weighted by Gasteiger charge is -2.22. The molecule has 16 heavy (non-hydrogen) atoms. The van der Waals surface area contributed by atoms with E-state index in [1.165, 1.54) is 11.1 Å². The van der Waals surface area contributed by atoms with Gasteiger partial charge in [-0.15, -0.1) is 0 Å². The molecule has 1 rings (SSSR count). The quantitative estimate of drug-likeness (QED) is 0.843. The van der Waals surface area contributed by atoms with E-state index >= 15 is 0 Å². The summed E-state index contributed by atoms with van der Waals surface area (Å²) in [5, 5.41) is 2.95. The van der Waals surface area contributed by atoms with Crippen LogP contribution < -0.4 is 10.2 Å². The number of nitrogens with one attached hydrogen (secondary N) is 1. The van der Waals surface area contributed by atoms with Gasteiger partial charge in [-0.25, -0.2) is 0 Å². The Morgan fingerprint density at radius 1 is 1.25 bits per heavy atom. The van der Waals surface area contributed by atoms with Gasteiger partial charge in [-0.05, 0) is 51.1 Å². The first-order chi connectivity index (χ1) is 7.45. The molecule has 0 aromatic heterocycles. The number of anilines is 1. The van der Waals surface area contributed by atoms with E-state index in [1.807, 2.05) is 40.0 Å². The minimum atomic E-state index is -0.161. The van der Waals surface area contributed by atoms with E-state index < -0.39 is 0 Å². The summed E-state index contributed by atoms with van der Waals surface area (Å²) in [6.07, 6.45) is 0. The monoisotopic (exact) mass is 220 g/mol. The number of benzene rings is 1. The molecule has 1 amide bonds. The smallest absolute Gasteiger partial charge is 0.243 e. The number of likely N-dealkylation sites (N-methyl/N-ethyl adjacent to an activating group) is 2. The van der Waals surface area contributed by atoms with Crippen molar-refractivity contribution in [3.8, 4) is 0 Å². The van der Waals surface area contributed by atoms with Crippen LogP contribution in [0.15, 0.2) is 18.2 Å². The molecule has 1 N–H and O–H groups in total. The van der Waals surface area contributed by atoms with Crippen LogP contribution in [0.25, 0.3) is 0 Å². The fourth-order valence-electron chi connectivity index (χ4n) is 1.69. The highest BCUT2D eigenvalue weighted by Crippen LogP contribution is 2.18. The number of rotatable bonds is 3. The van der Waals surface area contributed by atoms with Crippen molar-refractivity contribution in [2.24, 2.45) is 0 Å². The maximum Gasteiger partial charge on any atom is 0.243 e. The van der Waals surface area contributed by atoms with Crippen molar-refractivity contribution in [3.05, 3.63) is 29.3 Å². The van der Waals surface area contributed by atoms with Crippen molar-refractivity contribution in [2.45, 2.75) is 26.8 Å².